The van der Waals surface area contributed by atoms with Crippen LogP contribution in [0.3, 0.4) is 0 Å². The Morgan fingerprint density at radius 3 is 2.88 bits per heavy atom. The van der Waals surface area contributed by atoms with Crippen LogP contribution < -0.4 is 15.0 Å². The van der Waals surface area contributed by atoms with Gasteiger partial charge in [-0.15, -0.1) is 0 Å². The Labute approximate surface area is 102 Å². The normalized spacial score (nSPS) is 14.5. The minimum Gasteiger partial charge on any atom is -0.494 e. The van der Waals surface area contributed by atoms with Gasteiger partial charge in [0.1, 0.15) is 0 Å². The van der Waals surface area contributed by atoms with Gasteiger partial charge < -0.3 is 15.0 Å². The summed E-state index contributed by atoms with van der Waals surface area (Å²) >= 11 is 0. The lowest BCUT2D eigenvalue weighted by molar-refractivity contribution is 0.386. The highest BCUT2D eigenvalue weighted by Crippen LogP contribution is 2.35. The van der Waals surface area contributed by atoms with Crippen LogP contribution in [-0.4, -0.2) is 26.7 Å². The standard InChI is InChI=1S/C13H19FN2O/c1-9(2)8-16-5-4-15-11-6-10(14)13(17-3)7-12(11)16/h6-7,9,15H,4-5,8H2,1-3H3. The summed E-state index contributed by atoms with van der Waals surface area (Å²) in [6.07, 6.45) is 0. The van der Waals surface area contributed by atoms with Gasteiger partial charge in [0, 0.05) is 31.8 Å². The fourth-order valence-corrected chi connectivity index (χ4v) is 2.18. The van der Waals surface area contributed by atoms with E-state index in [1.165, 1.54) is 13.2 Å². The molecule has 0 radical (unpaired) electrons. The van der Waals surface area contributed by atoms with E-state index in [2.05, 4.69) is 24.1 Å². The number of halogens is 1. The van der Waals surface area contributed by atoms with Crippen molar-refractivity contribution in [2.45, 2.75) is 13.8 Å². The fraction of sp³-hybridized carbons (Fsp3) is 0.538. The molecular formula is C13H19FN2O. The second kappa shape index (κ2) is 4.82. The van der Waals surface area contributed by atoms with Gasteiger partial charge in [-0.2, -0.15) is 0 Å². The van der Waals surface area contributed by atoms with Gasteiger partial charge in [0.15, 0.2) is 11.6 Å². The van der Waals surface area contributed by atoms with Crippen LogP contribution >= 0.6 is 0 Å². The molecule has 0 saturated carbocycles. The van der Waals surface area contributed by atoms with E-state index in [0.29, 0.717) is 11.7 Å². The molecule has 0 unspecified atom stereocenters. The summed E-state index contributed by atoms with van der Waals surface area (Å²) < 4.78 is 18.6. The van der Waals surface area contributed by atoms with Crippen LogP contribution in [-0.2, 0) is 0 Å². The molecule has 0 atom stereocenters. The summed E-state index contributed by atoms with van der Waals surface area (Å²) in [5, 5.41) is 3.22. The van der Waals surface area contributed by atoms with Gasteiger partial charge >= 0.3 is 0 Å². The lowest BCUT2D eigenvalue weighted by atomic mass is 10.1. The number of fused-ring (bicyclic) bond motifs is 1. The fourth-order valence-electron chi connectivity index (χ4n) is 2.18. The highest BCUT2D eigenvalue weighted by Gasteiger charge is 2.20. The van der Waals surface area contributed by atoms with Crippen LogP contribution in [0.15, 0.2) is 12.1 Å². The summed E-state index contributed by atoms with van der Waals surface area (Å²) in [6, 6.07) is 3.29. The summed E-state index contributed by atoms with van der Waals surface area (Å²) in [4.78, 5) is 2.28. The predicted octanol–water partition coefficient (Wildman–Crippen LogP) is 2.72. The van der Waals surface area contributed by atoms with Crippen LogP contribution in [0.4, 0.5) is 15.8 Å². The van der Waals surface area contributed by atoms with E-state index >= 15 is 0 Å². The molecule has 1 heterocycles. The topological polar surface area (TPSA) is 24.5 Å². The van der Waals surface area contributed by atoms with Crippen LogP contribution in [0, 0.1) is 11.7 Å². The van der Waals surface area contributed by atoms with Crippen LogP contribution in [0.2, 0.25) is 0 Å². The third kappa shape index (κ3) is 2.46. The number of benzene rings is 1. The number of hydrogen-bond acceptors (Lipinski definition) is 3. The molecule has 4 heteroatoms. The zero-order valence-corrected chi connectivity index (χ0v) is 10.6. The molecule has 17 heavy (non-hydrogen) atoms. The Kier molecular flexibility index (Phi) is 3.41. The zero-order chi connectivity index (χ0) is 12.4. The molecular weight excluding hydrogens is 219 g/mol. The smallest absolute Gasteiger partial charge is 0.167 e. The molecule has 0 amide bonds. The first-order chi connectivity index (χ1) is 8.11. The van der Waals surface area contributed by atoms with E-state index in [9.17, 15) is 4.39 Å². The van der Waals surface area contributed by atoms with Gasteiger partial charge in [-0.25, -0.2) is 4.39 Å². The quantitative estimate of drug-likeness (QED) is 0.876. The summed E-state index contributed by atoms with van der Waals surface area (Å²) in [7, 11) is 1.49. The molecule has 0 aliphatic carbocycles. The van der Waals surface area contributed by atoms with Crippen molar-refractivity contribution in [2.24, 2.45) is 5.92 Å². The Bertz CT molecular complexity index is 407. The number of methoxy groups -OCH3 is 1. The second-order valence-electron chi connectivity index (χ2n) is 4.77. The molecule has 1 aromatic carbocycles. The van der Waals surface area contributed by atoms with E-state index in [4.69, 9.17) is 4.74 Å². The number of nitrogens with one attached hydrogen (secondary N) is 1. The van der Waals surface area contributed by atoms with Crippen molar-refractivity contribution in [3.05, 3.63) is 17.9 Å². The Hall–Kier alpha value is -1.45. The molecule has 0 bridgehead atoms. The first-order valence-electron chi connectivity index (χ1n) is 5.98. The van der Waals surface area contributed by atoms with Gasteiger partial charge in [0.2, 0.25) is 0 Å². The van der Waals surface area contributed by atoms with Crippen molar-refractivity contribution < 1.29 is 9.13 Å². The molecule has 94 valence electrons. The van der Waals surface area contributed by atoms with Gasteiger partial charge in [0.25, 0.3) is 0 Å². The lowest BCUT2D eigenvalue weighted by Gasteiger charge is -2.33. The summed E-state index contributed by atoms with van der Waals surface area (Å²) in [6.45, 7) is 7.14. The SMILES string of the molecule is COc1cc2c(cc1F)NCCN2CC(C)C. The van der Waals surface area contributed by atoms with E-state index in [0.717, 1.165) is 31.0 Å². The minimum absolute atomic E-state index is 0.307. The van der Waals surface area contributed by atoms with Crippen LogP contribution in [0.25, 0.3) is 0 Å². The van der Waals surface area contributed by atoms with Crippen molar-refractivity contribution in [1.29, 1.82) is 0 Å². The number of anilines is 2. The summed E-state index contributed by atoms with van der Waals surface area (Å²) in [5.41, 5.74) is 1.89. The molecule has 0 aromatic heterocycles. The number of rotatable bonds is 3. The van der Waals surface area contributed by atoms with Crippen molar-refractivity contribution in [2.75, 3.05) is 37.0 Å². The molecule has 0 saturated heterocycles. The number of ether oxygens (including phenoxy) is 1. The molecule has 1 aromatic rings. The maximum Gasteiger partial charge on any atom is 0.167 e. The first-order valence-corrected chi connectivity index (χ1v) is 5.98. The largest absolute Gasteiger partial charge is 0.494 e. The van der Waals surface area contributed by atoms with Crippen molar-refractivity contribution in [1.82, 2.24) is 0 Å². The molecule has 0 spiro atoms. The monoisotopic (exact) mass is 238 g/mol. The Morgan fingerprint density at radius 1 is 1.47 bits per heavy atom. The highest BCUT2D eigenvalue weighted by molar-refractivity contribution is 5.74. The number of hydrogen-bond donors (Lipinski definition) is 1. The maximum absolute atomic E-state index is 13.6. The molecule has 2 rings (SSSR count). The van der Waals surface area contributed by atoms with E-state index in [-0.39, 0.29) is 5.82 Å². The van der Waals surface area contributed by atoms with E-state index < -0.39 is 0 Å². The molecule has 1 N–H and O–H groups in total. The van der Waals surface area contributed by atoms with Crippen molar-refractivity contribution in [3.8, 4) is 5.75 Å². The molecule has 0 fully saturated rings. The lowest BCUT2D eigenvalue weighted by Crippen LogP contribution is -2.36. The maximum atomic E-state index is 13.6. The van der Waals surface area contributed by atoms with Gasteiger partial charge in [0.05, 0.1) is 18.5 Å². The third-order valence-electron chi connectivity index (χ3n) is 2.89. The predicted molar refractivity (Wildman–Crippen MR) is 68.5 cm³/mol. The Morgan fingerprint density at radius 2 is 2.24 bits per heavy atom. The van der Waals surface area contributed by atoms with Crippen LogP contribution in [0.5, 0.6) is 5.75 Å². The van der Waals surface area contributed by atoms with Gasteiger partial charge in [-0.1, -0.05) is 13.8 Å². The third-order valence-corrected chi connectivity index (χ3v) is 2.89. The average molecular weight is 238 g/mol. The molecule has 3 nitrogen and oxygen atoms in total. The second-order valence-corrected chi connectivity index (χ2v) is 4.77. The minimum atomic E-state index is -0.315. The van der Waals surface area contributed by atoms with Crippen LogP contribution in [0.1, 0.15) is 13.8 Å². The van der Waals surface area contributed by atoms with E-state index in [1.807, 2.05) is 0 Å². The van der Waals surface area contributed by atoms with Gasteiger partial charge in [-0.3, -0.25) is 0 Å². The molecule has 1 aliphatic rings. The van der Waals surface area contributed by atoms with Crippen molar-refractivity contribution >= 4 is 11.4 Å². The average Bonchev–Trinajstić information content (AvgIpc) is 2.27. The van der Waals surface area contributed by atoms with Gasteiger partial charge in [-0.05, 0) is 5.92 Å². The zero-order valence-electron chi connectivity index (χ0n) is 10.6. The Balaban J connectivity index is 2.35. The first kappa shape index (κ1) is 12.0. The molecule has 1 aliphatic heterocycles. The van der Waals surface area contributed by atoms with E-state index in [1.54, 1.807) is 6.07 Å². The highest BCUT2D eigenvalue weighted by atomic mass is 19.1. The number of nitrogens with zero attached hydrogens (tertiary/aromatic N) is 1. The van der Waals surface area contributed by atoms with Crippen molar-refractivity contribution in [3.63, 3.8) is 0 Å². The summed E-state index contributed by atoms with van der Waals surface area (Å²) in [5.74, 6) is 0.573.